The molecule has 2 N–H and O–H groups in total. The highest BCUT2D eigenvalue weighted by Crippen LogP contribution is 2.53. The lowest BCUT2D eigenvalue weighted by Gasteiger charge is -2.43. The number of fused-ring (bicyclic) bond motifs is 1. The van der Waals surface area contributed by atoms with E-state index in [0.717, 1.165) is 5.56 Å². The zero-order chi connectivity index (χ0) is 32.9. The number of pyridine rings is 2. The number of carbonyl (C=O) groups is 1. The van der Waals surface area contributed by atoms with Gasteiger partial charge in [-0.15, -0.1) is 0 Å². The molecule has 0 spiro atoms. The molecule has 0 saturated carbocycles. The predicted molar refractivity (Wildman–Crippen MR) is 178 cm³/mol. The molecule has 2 aliphatic heterocycles. The molecule has 1 aromatic carbocycles. The summed E-state index contributed by atoms with van der Waals surface area (Å²) < 4.78 is 0. The van der Waals surface area contributed by atoms with Crippen molar-refractivity contribution in [3.63, 3.8) is 0 Å². The van der Waals surface area contributed by atoms with E-state index in [1.54, 1.807) is 23.2 Å². The number of aromatic nitrogens is 2. The molecule has 1 atom stereocenters. The number of nitriles is 1. The Hall–Kier alpha value is -3.23. The van der Waals surface area contributed by atoms with Gasteiger partial charge in [0.05, 0.1) is 48.4 Å². The Morgan fingerprint density at radius 3 is 2.36 bits per heavy atom. The minimum Gasteiger partial charge on any atom is -0.506 e. The lowest BCUT2D eigenvalue weighted by Crippen LogP contribution is -2.49. The first-order valence-electron chi connectivity index (χ1n) is 13.8. The van der Waals surface area contributed by atoms with Gasteiger partial charge in [0.15, 0.2) is 6.23 Å². The molecular formula is C31H27Cl5N6O3. The number of phenols is 1. The van der Waals surface area contributed by atoms with E-state index in [1.165, 1.54) is 11.0 Å². The number of anilines is 2. The normalized spacial score (nSPS) is 16.6. The van der Waals surface area contributed by atoms with Crippen LogP contribution >= 0.6 is 58.0 Å². The van der Waals surface area contributed by atoms with Crippen LogP contribution in [0.2, 0.25) is 25.1 Å². The minimum absolute atomic E-state index is 0.0179. The molecule has 1 fully saturated rings. The molecule has 14 heteroatoms. The number of piperazine rings is 1. The molecule has 1 amide bonds. The van der Waals surface area contributed by atoms with Gasteiger partial charge >= 0.3 is 0 Å². The van der Waals surface area contributed by atoms with Crippen LogP contribution in [0.3, 0.4) is 0 Å². The van der Waals surface area contributed by atoms with E-state index >= 15 is 0 Å². The van der Waals surface area contributed by atoms with Crippen molar-refractivity contribution in [2.75, 3.05) is 31.1 Å². The highest BCUT2D eigenvalue weighted by Gasteiger charge is 2.40. The first-order valence-corrected chi connectivity index (χ1v) is 15.7. The summed E-state index contributed by atoms with van der Waals surface area (Å²) in [6.45, 7) is 10.8. The maximum atomic E-state index is 12.3. The van der Waals surface area contributed by atoms with Gasteiger partial charge in [-0.1, -0.05) is 78.4 Å². The van der Waals surface area contributed by atoms with E-state index in [2.05, 4.69) is 17.6 Å². The molecule has 0 radical (unpaired) electrons. The smallest absolute Gasteiger partial charge is 0.246 e. The van der Waals surface area contributed by atoms with E-state index in [1.807, 2.05) is 25.7 Å². The largest absolute Gasteiger partial charge is 0.506 e. The summed E-state index contributed by atoms with van der Waals surface area (Å²) >= 11 is 32.3. The molecule has 2 aromatic heterocycles. The summed E-state index contributed by atoms with van der Waals surface area (Å²) in [6, 6.07) is 5.60. The zero-order valence-corrected chi connectivity index (χ0v) is 28.2. The van der Waals surface area contributed by atoms with Gasteiger partial charge in [0, 0.05) is 37.9 Å². The van der Waals surface area contributed by atoms with Gasteiger partial charge in [-0.25, -0.2) is 4.98 Å². The van der Waals surface area contributed by atoms with Crippen molar-refractivity contribution in [2.24, 2.45) is 0 Å². The predicted octanol–water partition coefficient (Wildman–Crippen LogP) is 7.58. The first-order chi connectivity index (χ1) is 21.3. The summed E-state index contributed by atoms with van der Waals surface area (Å²) in [4.78, 5) is 26.9. The average Bonchev–Trinajstić information content (AvgIpc) is 3.02. The molecule has 1 saturated heterocycles. The lowest BCUT2D eigenvalue weighted by atomic mass is 9.95. The van der Waals surface area contributed by atoms with Crippen LogP contribution in [0.4, 0.5) is 11.5 Å². The Labute approximate surface area is 285 Å². The van der Waals surface area contributed by atoms with Crippen molar-refractivity contribution in [1.29, 1.82) is 5.26 Å². The molecule has 4 heterocycles. The summed E-state index contributed by atoms with van der Waals surface area (Å²) in [6.07, 6.45) is 1.45. The van der Waals surface area contributed by atoms with E-state index in [9.17, 15) is 20.3 Å². The Balaban J connectivity index is 1.82. The third-order valence-electron chi connectivity index (χ3n) is 7.82. The van der Waals surface area contributed by atoms with Gasteiger partial charge in [0.1, 0.15) is 28.2 Å². The standard InChI is InChI=1S/C31H27Cl5N6O3/c1-5-19(43)40-8-10-41(11-9-40)28-16-12-18(32)26(20-21(33)22(34)23(35)24(36)29(20)44)39-30(16)42(31(45)17(28)13-37)27-15(4)6-7-38-25(27)14(2)3/h5-7,12,14,31,44-45H,1,8-11H2,2-4H3. The van der Waals surface area contributed by atoms with Crippen molar-refractivity contribution >= 4 is 81.1 Å². The van der Waals surface area contributed by atoms with Gasteiger partial charge in [0.2, 0.25) is 5.91 Å². The second kappa shape index (κ2) is 12.9. The number of benzene rings is 1. The summed E-state index contributed by atoms with van der Waals surface area (Å²) in [7, 11) is 0. The molecule has 0 aliphatic carbocycles. The maximum absolute atomic E-state index is 12.3. The number of halogens is 5. The molecule has 2 aliphatic rings. The monoisotopic (exact) mass is 706 g/mol. The maximum Gasteiger partial charge on any atom is 0.246 e. The summed E-state index contributed by atoms with van der Waals surface area (Å²) in [5, 5.41) is 33.0. The topological polar surface area (TPSA) is 117 Å². The van der Waals surface area contributed by atoms with Gasteiger partial charge in [0.25, 0.3) is 0 Å². The minimum atomic E-state index is -1.49. The number of aliphatic hydroxyl groups is 1. The third kappa shape index (κ3) is 5.58. The molecule has 45 heavy (non-hydrogen) atoms. The molecular weight excluding hydrogens is 682 g/mol. The van der Waals surface area contributed by atoms with Crippen molar-refractivity contribution in [3.8, 4) is 23.1 Å². The number of amides is 1. The van der Waals surface area contributed by atoms with Crippen LogP contribution in [0.25, 0.3) is 17.0 Å². The second-order valence-corrected chi connectivity index (χ2v) is 12.7. The van der Waals surface area contributed by atoms with Crippen molar-refractivity contribution in [3.05, 3.63) is 78.5 Å². The Kier molecular flexibility index (Phi) is 9.48. The quantitative estimate of drug-likeness (QED) is 0.158. The van der Waals surface area contributed by atoms with E-state index in [4.69, 9.17) is 63.0 Å². The number of hydrogen-bond acceptors (Lipinski definition) is 8. The Morgan fingerprint density at radius 2 is 1.76 bits per heavy atom. The van der Waals surface area contributed by atoms with Crippen LogP contribution in [0.15, 0.2) is 36.6 Å². The van der Waals surface area contributed by atoms with E-state index < -0.39 is 12.0 Å². The van der Waals surface area contributed by atoms with E-state index in [-0.39, 0.29) is 59.6 Å². The SMILES string of the molecule is C=CC(=O)N1CCN(C2=C(C#N)C(O)N(c3c(C)ccnc3C(C)C)c3nc(-c4c(O)c(Cl)c(Cl)c(Cl)c4Cl)c(Cl)cc32)CC1. The number of aromatic hydroxyl groups is 1. The summed E-state index contributed by atoms with van der Waals surface area (Å²) in [5.41, 5.74) is 2.86. The molecule has 0 bridgehead atoms. The van der Waals surface area contributed by atoms with Gasteiger partial charge in [-0.3, -0.25) is 14.7 Å². The average molecular weight is 709 g/mol. The molecule has 9 nitrogen and oxygen atoms in total. The van der Waals surface area contributed by atoms with Crippen LogP contribution < -0.4 is 4.90 Å². The van der Waals surface area contributed by atoms with Crippen molar-refractivity contribution in [1.82, 2.24) is 19.8 Å². The first kappa shape index (κ1) is 33.1. The second-order valence-electron chi connectivity index (χ2n) is 10.8. The van der Waals surface area contributed by atoms with Crippen LogP contribution in [-0.4, -0.2) is 68.3 Å². The Bertz CT molecular complexity index is 1790. The molecule has 5 rings (SSSR count). The lowest BCUT2D eigenvalue weighted by molar-refractivity contribution is -0.127. The van der Waals surface area contributed by atoms with Crippen LogP contribution in [0.5, 0.6) is 5.75 Å². The zero-order valence-electron chi connectivity index (χ0n) is 24.4. The number of nitrogens with zero attached hydrogens (tertiary/aromatic N) is 6. The third-order valence-corrected chi connectivity index (χ3v) is 9.90. The molecule has 3 aromatic rings. The summed E-state index contributed by atoms with van der Waals surface area (Å²) in [5.74, 6) is -0.526. The molecule has 1 unspecified atom stereocenters. The Morgan fingerprint density at radius 1 is 1.11 bits per heavy atom. The fourth-order valence-corrected chi connectivity index (χ4v) is 6.81. The number of hydrogen-bond donors (Lipinski definition) is 2. The van der Waals surface area contributed by atoms with Gasteiger partial charge in [-0.2, -0.15) is 5.26 Å². The number of rotatable bonds is 5. The van der Waals surface area contributed by atoms with Crippen molar-refractivity contribution < 1.29 is 15.0 Å². The number of aryl methyl sites for hydroxylation is 1. The fourth-order valence-electron chi connectivity index (χ4n) is 5.63. The van der Waals surface area contributed by atoms with Gasteiger partial charge < -0.3 is 20.0 Å². The van der Waals surface area contributed by atoms with Crippen LogP contribution in [0, 0.1) is 18.3 Å². The van der Waals surface area contributed by atoms with Crippen molar-refractivity contribution in [2.45, 2.75) is 32.9 Å². The van der Waals surface area contributed by atoms with E-state index in [0.29, 0.717) is 48.8 Å². The number of carbonyl (C=O) groups excluding carboxylic acids is 1. The fraction of sp³-hybridized carbons (Fsp3) is 0.290. The molecule has 234 valence electrons. The number of phenolic OH excluding ortho intramolecular Hbond substituents is 1. The van der Waals surface area contributed by atoms with Crippen LogP contribution in [0.1, 0.15) is 36.6 Å². The number of aliphatic hydroxyl groups excluding tert-OH is 1. The van der Waals surface area contributed by atoms with Crippen LogP contribution in [-0.2, 0) is 4.79 Å². The van der Waals surface area contributed by atoms with Gasteiger partial charge in [-0.05, 0) is 36.6 Å². The highest BCUT2D eigenvalue weighted by molar-refractivity contribution is 6.53. The highest BCUT2D eigenvalue weighted by atomic mass is 35.5.